The fraction of sp³-hybridized carbons (Fsp3) is 0.533. The predicted octanol–water partition coefficient (Wildman–Crippen LogP) is 3.33. The van der Waals surface area contributed by atoms with Gasteiger partial charge in [0.05, 0.1) is 26.9 Å². The van der Waals surface area contributed by atoms with Crippen LogP contribution in [0.5, 0.6) is 17.2 Å². The Kier molecular flexibility index (Phi) is 4.81. The van der Waals surface area contributed by atoms with Crippen molar-refractivity contribution in [1.29, 1.82) is 0 Å². The first-order valence-corrected chi connectivity index (χ1v) is 6.16. The largest absolute Gasteiger partial charge is 0.493 e. The lowest BCUT2D eigenvalue weighted by atomic mass is 9.87. The molecule has 0 saturated heterocycles. The highest BCUT2D eigenvalue weighted by Gasteiger charge is 2.24. The van der Waals surface area contributed by atoms with Crippen LogP contribution in [-0.4, -0.2) is 27.1 Å². The lowest BCUT2D eigenvalue weighted by Crippen LogP contribution is -2.14. The summed E-state index contributed by atoms with van der Waals surface area (Å²) in [5.41, 5.74) is 0.449. The van der Waals surface area contributed by atoms with Gasteiger partial charge in [-0.05, 0) is 17.5 Å². The van der Waals surface area contributed by atoms with E-state index in [-0.39, 0.29) is 11.2 Å². The van der Waals surface area contributed by atoms with E-state index < -0.39 is 0 Å². The van der Waals surface area contributed by atoms with Crippen molar-refractivity contribution >= 4 is 5.78 Å². The first-order valence-electron chi connectivity index (χ1n) is 6.16. The van der Waals surface area contributed by atoms with Gasteiger partial charge in [-0.3, -0.25) is 4.79 Å². The molecule has 0 atom stereocenters. The van der Waals surface area contributed by atoms with Crippen molar-refractivity contribution in [1.82, 2.24) is 0 Å². The molecule has 0 heterocycles. The minimum Gasteiger partial charge on any atom is -0.493 e. The fourth-order valence-electron chi connectivity index (χ4n) is 1.90. The second-order valence-electron chi connectivity index (χ2n) is 5.54. The van der Waals surface area contributed by atoms with Crippen LogP contribution in [0.15, 0.2) is 12.1 Å². The van der Waals surface area contributed by atoms with Crippen molar-refractivity contribution in [2.24, 2.45) is 5.41 Å². The Labute approximate surface area is 114 Å². The van der Waals surface area contributed by atoms with Gasteiger partial charge >= 0.3 is 0 Å². The van der Waals surface area contributed by atoms with Crippen LogP contribution in [0.1, 0.15) is 37.6 Å². The molecule has 0 bridgehead atoms. The van der Waals surface area contributed by atoms with Gasteiger partial charge in [0.1, 0.15) is 0 Å². The van der Waals surface area contributed by atoms with Crippen LogP contribution in [0.4, 0.5) is 0 Å². The van der Waals surface area contributed by atoms with Gasteiger partial charge in [0.15, 0.2) is 17.3 Å². The molecule has 0 fully saturated rings. The van der Waals surface area contributed by atoms with E-state index in [2.05, 4.69) is 0 Å². The number of carbonyl (C=O) groups is 1. The third-order valence-electron chi connectivity index (χ3n) is 2.70. The highest BCUT2D eigenvalue weighted by Crippen LogP contribution is 2.40. The minimum absolute atomic E-state index is 0.0327. The lowest BCUT2D eigenvalue weighted by Gasteiger charge is -2.19. The van der Waals surface area contributed by atoms with E-state index in [1.807, 2.05) is 20.8 Å². The Balaban J connectivity index is 3.25. The summed E-state index contributed by atoms with van der Waals surface area (Å²) in [6.45, 7) is 6.08. The monoisotopic (exact) mass is 266 g/mol. The van der Waals surface area contributed by atoms with E-state index >= 15 is 0 Å². The third-order valence-corrected chi connectivity index (χ3v) is 2.70. The minimum atomic E-state index is -0.0741. The second-order valence-corrected chi connectivity index (χ2v) is 5.54. The van der Waals surface area contributed by atoms with Gasteiger partial charge < -0.3 is 14.2 Å². The SMILES string of the molecule is COc1ccc(C(=O)CC(C)(C)C)c(OC)c1OC. The number of rotatable bonds is 5. The number of carbonyl (C=O) groups excluding carboxylic acids is 1. The molecule has 0 aliphatic carbocycles. The van der Waals surface area contributed by atoms with E-state index in [0.717, 1.165) is 0 Å². The summed E-state index contributed by atoms with van der Waals surface area (Å²) in [5, 5.41) is 0. The van der Waals surface area contributed by atoms with E-state index in [9.17, 15) is 4.79 Å². The van der Waals surface area contributed by atoms with Crippen molar-refractivity contribution in [2.45, 2.75) is 27.2 Å². The van der Waals surface area contributed by atoms with Crippen LogP contribution >= 0.6 is 0 Å². The summed E-state index contributed by atoms with van der Waals surface area (Å²) in [7, 11) is 4.59. The normalized spacial score (nSPS) is 11.1. The molecule has 4 heteroatoms. The molecule has 0 N–H and O–H groups in total. The van der Waals surface area contributed by atoms with Crippen LogP contribution in [-0.2, 0) is 0 Å². The van der Waals surface area contributed by atoms with Crippen LogP contribution in [0.25, 0.3) is 0 Å². The Hall–Kier alpha value is -1.71. The summed E-state index contributed by atoms with van der Waals surface area (Å²) in [6, 6.07) is 3.44. The zero-order valence-corrected chi connectivity index (χ0v) is 12.5. The molecule has 106 valence electrons. The number of ketones is 1. The second kappa shape index (κ2) is 5.95. The summed E-state index contributed by atoms with van der Waals surface area (Å²) >= 11 is 0. The standard InChI is InChI=1S/C15H22O4/c1-15(2,3)9-11(16)10-7-8-12(17-4)14(19-6)13(10)18-5/h7-8H,9H2,1-6H3. The molecule has 0 unspecified atom stereocenters. The van der Waals surface area contributed by atoms with Gasteiger partial charge in [-0.15, -0.1) is 0 Å². The van der Waals surface area contributed by atoms with Gasteiger partial charge in [0.25, 0.3) is 0 Å². The lowest BCUT2D eigenvalue weighted by molar-refractivity contribution is 0.0936. The Morgan fingerprint density at radius 2 is 1.58 bits per heavy atom. The Morgan fingerprint density at radius 1 is 1.00 bits per heavy atom. The third kappa shape index (κ3) is 3.63. The molecule has 0 aliphatic rings. The molecule has 19 heavy (non-hydrogen) atoms. The van der Waals surface area contributed by atoms with Gasteiger partial charge in [-0.1, -0.05) is 20.8 Å². The molecule has 4 nitrogen and oxygen atoms in total. The van der Waals surface area contributed by atoms with E-state index in [0.29, 0.717) is 29.2 Å². The molecular weight excluding hydrogens is 244 g/mol. The molecule has 0 radical (unpaired) electrons. The van der Waals surface area contributed by atoms with Crippen LogP contribution < -0.4 is 14.2 Å². The number of hydrogen-bond donors (Lipinski definition) is 0. The van der Waals surface area contributed by atoms with Gasteiger partial charge in [0.2, 0.25) is 5.75 Å². The van der Waals surface area contributed by atoms with Crippen molar-refractivity contribution in [3.8, 4) is 17.2 Å². The van der Waals surface area contributed by atoms with Crippen molar-refractivity contribution < 1.29 is 19.0 Å². The van der Waals surface area contributed by atoms with E-state index in [1.165, 1.54) is 14.2 Å². The average Bonchev–Trinajstić information content (AvgIpc) is 2.34. The van der Waals surface area contributed by atoms with Gasteiger partial charge in [0, 0.05) is 6.42 Å². The average molecular weight is 266 g/mol. The number of methoxy groups -OCH3 is 3. The topological polar surface area (TPSA) is 44.8 Å². The van der Waals surface area contributed by atoms with Crippen molar-refractivity contribution in [3.05, 3.63) is 17.7 Å². The van der Waals surface area contributed by atoms with Gasteiger partial charge in [-0.2, -0.15) is 0 Å². The zero-order valence-electron chi connectivity index (χ0n) is 12.5. The van der Waals surface area contributed by atoms with Crippen LogP contribution in [0.3, 0.4) is 0 Å². The zero-order chi connectivity index (χ0) is 14.6. The molecule has 0 saturated carbocycles. The number of Topliss-reactive ketones (excluding diaryl/α,β-unsaturated/α-hetero) is 1. The molecule has 1 aromatic carbocycles. The molecule has 1 rings (SSSR count). The van der Waals surface area contributed by atoms with Gasteiger partial charge in [-0.25, -0.2) is 0 Å². The molecule has 0 spiro atoms. The fourth-order valence-corrected chi connectivity index (χ4v) is 1.90. The van der Waals surface area contributed by atoms with Crippen molar-refractivity contribution in [2.75, 3.05) is 21.3 Å². The Bertz CT molecular complexity index is 458. The number of benzene rings is 1. The smallest absolute Gasteiger partial charge is 0.204 e. The van der Waals surface area contributed by atoms with E-state index in [4.69, 9.17) is 14.2 Å². The van der Waals surface area contributed by atoms with Crippen LogP contribution in [0, 0.1) is 5.41 Å². The summed E-state index contributed by atoms with van der Waals surface area (Å²) in [5.74, 6) is 1.46. The van der Waals surface area contributed by atoms with E-state index in [1.54, 1.807) is 19.2 Å². The summed E-state index contributed by atoms with van der Waals surface area (Å²) < 4.78 is 15.8. The number of ether oxygens (including phenoxy) is 3. The van der Waals surface area contributed by atoms with Crippen molar-refractivity contribution in [3.63, 3.8) is 0 Å². The maximum Gasteiger partial charge on any atom is 0.204 e. The molecule has 0 amide bonds. The Morgan fingerprint density at radius 3 is 2.00 bits per heavy atom. The predicted molar refractivity (Wildman–Crippen MR) is 74.5 cm³/mol. The van der Waals surface area contributed by atoms with Crippen LogP contribution in [0.2, 0.25) is 0 Å². The molecule has 1 aromatic rings. The maximum atomic E-state index is 12.3. The number of hydrogen-bond acceptors (Lipinski definition) is 4. The highest BCUT2D eigenvalue weighted by molar-refractivity contribution is 6.00. The first-order chi connectivity index (χ1) is 8.84. The molecule has 0 aromatic heterocycles. The highest BCUT2D eigenvalue weighted by atomic mass is 16.5. The summed E-state index contributed by atoms with van der Waals surface area (Å²) in [6.07, 6.45) is 0.443. The summed E-state index contributed by atoms with van der Waals surface area (Å²) in [4.78, 5) is 12.3. The first kappa shape index (κ1) is 15.3. The quantitative estimate of drug-likeness (QED) is 0.767. The molecule has 0 aliphatic heterocycles. The molecular formula is C15H22O4. The maximum absolute atomic E-state index is 12.3.